The summed E-state index contributed by atoms with van der Waals surface area (Å²) in [6.45, 7) is 2.20. The molecule has 2 aliphatic rings. The Morgan fingerprint density at radius 2 is 1.65 bits per heavy atom. The highest BCUT2D eigenvalue weighted by Gasteiger charge is 2.38. The zero-order valence-corrected chi connectivity index (χ0v) is 15.8. The van der Waals surface area contributed by atoms with E-state index in [2.05, 4.69) is 54.7 Å². The first-order valence-electron chi connectivity index (χ1n) is 10.2. The molecule has 26 heavy (non-hydrogen) atoms. The van der Waals surface area contributed by atoms with Gasteiger partial charge in [-0.05, 0) is 73.3 Å². The van der Waals surface area contributed by atoms with Crippen molar-refractivity contribution in [1.29, 1.82) is 0 Å². The first-order chi connectivity index (χ1) is 12.7. The molecule has 2 atom stereocenters. The number of benzene rings is 2. The highest BCUT2D eigenvalue weighted by Crippen LogP contribution is 2.42. The average molecular weight is 348 g/mol. The van der Waals surface area contributed by atoms with E-state index in [0.29, 0.717) is 11.7 Å². The molecule has 0 radical (unpaired) electrons. The lowest BCUT2D eigenvalue weighted by Gasteiger charge is -2.23. The molecule has 1 unspecified atom stereocenters. The van der Waals surface area contributed by atoms with Gasteiger partial charge >= 0.3 is 0 Å². The summed E-state index contributed by atoms with van der Waals surface area (Å²) in [6, 6.07) is 15.9. The Kier molecular flexibility index (Phi) is 5.10. The number of nitrogens with one attached hydrogen (secondary N) is 1. The summed E-state index contributed by atoms with van der Waals surface area (Å²) < 4.78 is 0. The second-order valence-corrected chi connectivity index (χ2v) is 7.89. The molecule has 2 nitrogen and oxygen atoms in total. The van der Waals surface area contributed by atoms with Crippen molar-refractivity contribution in [3.63, 3.8) is 0 Å². The fourth-order valence-corrected chi connectivity index (χ4v) is 4.53. The van der Waals surface area contributed by atoms with Crippen LogP contribution in [0.4, 0.5) is 5.69 Å². The first kappa shape index (κ1) is 17.3. The molecule has 1 N–H and O–H groups in total. The highest BCUT2D eigenvalue weighted by molar-refractivity contribution is 5.91. The van der Waals surface area contributed by atoms with Gasteiger partial charge in [0.1, 0.15) is 0 Å². The number of ketones is 1. The number of hydrogen-bond donors (Lipinski definition) is 1. The fraction of sp³-hybridized carbons (Fsp3) is 0.458. The molecule has 1 aliphatic carbocycles. The number of unbranched alkanes of at least 4 members (excludes halogenated alkanes) is 1. The van der Waals surface area contributed by atoms with Gasteiger partial charge in [-0.25, -0.2) is 0 Å². The third-order valence-electron chi connectivity index (χ3n) is 6.13. The molecule has 4 rings (SSSR count). The second-order valence-electron chi connectivity index (χ2n) is 7.89. The van der Waals surface area contributed by atoms with Crippen molar-refractivity contribution in [3.05, 3.63) is 64.7 Å². The van der Waals surface area contributed by atoms with Crippen molar-refractivity contribution in [3.8, 4) is 0 Å². The number of carbonyl (C=O) groups is 1. The number of Topliss-reactive ketones (excluding diaryl/α,β-unsaturated/α-hetero) is 1. The van der Waals surface area contributed by atoms with Crippen LogP contribution in [-0.2, 0) is 24.1 Å². The van der Waals surface area contributed by atoms with Gasteiger partial charge < -0.3 is 5.32 Å². The zero-order valence-electron chi connectivity index (χ0n) is 15.8. The Bertz CT molecular complexity index is 777. The summed E-state index contributed by atoms with van der Waals surface area (Å²) in [4.78, 5) is 12.2. The molecule has 0 spiro atoms. The maximum atomic E-state index is 12.2. The van der Waals surface area contributed by atoms with E-state index in [1.165, 1.54) is 40.8 Å². The Morgan fingerprint density at radius 1 is 0.962 bits per heavy atom. The topological polar surface area (TPSA) is 29.1 Å². The van der Waals surface area contributed by atoms with Crippen LogP contribution in [0.1, 0.15) is 67.2 Å². The van der Waals surface area contributed by atoms with Gasteiger partial charge in [0, 0.05) is 18.0 Å². The Balaban J connectivity index is 1.31. The summed E-state index contributed by atoms with van der Waals surface area (Å²) in [5.41, 5.74) is 6.83. The Morgan fingerprint density at radius 3 is 2.42 bits per heavy atom. The van der Waals surface area contributed by atoms with E-state index in [4.69, 9.17) is 0 Å². The van der Waals surface area contributed by atoms with E-state index in [1.807, 2.05) is 0 Å². The maximum Gasteiger partial charge on any atom is 0.155 e. The molecule has 1 fully saturated rings. The van der Waals surface area contributed by atoms with Crippen LogP contribution >= 0.6 is 0 Å². The lowest BCUT2D eigenvalue weighted by atomic mass is 9.82. The molecule has 0 saturated heterocycles. The maximum absolute atomic E-state index is 12.2. The van der Waals surface area contributed by atoms with E-state index in [0.717, 1.165) is 38.5 Å². The van der Waals surface area contributed by atoms with E-state index in [9.17, 15) is 4.79 Å². The minimum atomic E-state index is 0.0418. The van der Waals surface area contributed by atoms with E-state index < -0.39 is 0 Å². The van der Waals surface area contributed by atoms with Crippen molar-refractivity contribution in [2.45, 2.75) is 70.3 Å². The molecule has 1 saturated carbocycles. The Labute approximate surface area is 157 Å². The van der Waals surface area contributed by atoms with Crippen molar-refractivity contribution < 1.29 is 4.79 Å². The normalized spacial score (nSPS) is 21.2. The van der Waals surface area contributed by atoms with E-state index in [-0.39, 0.29) is 6.04 Å². The lowest BCUT2D eigenvalue weighted by Crippen LogP contribution is -2.33. The molecule has 1 aliphatic heterocycles. The van der Waals surface area contributed by atoms with Crippen molar-refractivity contribution in [2.24, 2.45) is 0 Å². The van der Waals surface area contributed by atoms with Crippen LogP contribution in [-0.4, -0.2) is 11.8 Å². The second kappa shape index (κ2) is 7.65. The van der Waals surface area contributed by atoms with Crippen LogP contribution in [0.2, 0.25) is 0 Å². The lowest BCUT2D eigenvalue weighted by molar-refractivity contribution is -0.121. The molecule has 1 heterocycles. The highest BCUT2D eigenvalue weighted by atomic mass is 16.1. The Hall–Kier alpha value is -2.09. The molecule has 0 bridgehead atoms. The van der Waals surface area contributed by atoms with Gasteiger partial charge in [0.25, 0.3) is 0 Å². The summed E-state index contributed by atoms with van der Waals surface area (Å²) in [7, 11) is 0. The van der Waals surface area contributed by atoms with Crippen LogP contribution < -0.4 is 5.32 Å². The van der Waals surface area contributed by atoms with Crippen LogP contribution in [0.15, 0.2) is 42.5 Å². The first-order valence-corrected chi connectivity index (χ1v) is 10.2. The molecule has 2 heteroatoms. The third-order valence-corrected chi connectivity index (χ3v) is 6.13. The standard InChI is InChI=1S/C24H29NO/c1-2-17-10-12-18(13-11-17)6-3-4-7-19-14-15-20-21-8-5-9-23(26)24(21)25-22(20)16-19/h10-16,21,24-25H,2-9H2,1H3/t21?,24-/m1/s1. The molecule has 0 amide bonds. The number of rotatable bonds is 6. The van der Waals surface area contributed by atoms with Crippen LogP contribution in [0.5, 0.6) is 0 Å². The minimum absolute atomic E-state index is 0.0418. The third kappa shape index (κ3) is 3.56. The van der Waals surface area contributed by atoms with Crippen molar-refractivity contribution in [2.75, 3.05) is 5.32 Å². The SMILES string of the molecule is CCc1ccc(CCCCc2ccc3c(c2)N[C@H]2C(=O)CCCC32)cc1. The zero-order chi connectivity index (χ0) is 17.9. The number of anilines is 1. The van der Waals surface area contributed by atoms with Crippen molar-refractivity contribution in [1.82, 2.24) is 0 Å². The fourth-order valence-electron chi connectivity index (χ4n) is 4.53. The number of hydrogen-bond acceptors (Lipinski definition) is 2. The molecule has 2 aromatic rings. The molecular formula is C24H29NO. The van der Waals surface area contributed by atoms with E-state index in [1.54, 1.807) is 0 Å². The number of carbonyl (C=O) groups excluding carboxylic acids is 1. The summed E-state index contributed by atoms with van der Waals surface area (Å²) >= 11 is 0. The molecule has 0 aromatic heterocycles. The number of aryl methyl sites for hydroxylation is 3. The van der Waals surface area contributed by atoms with Crippen LogP contribution in [0.3, 0.4) is 0 Å². The molecule has 2 aromatic carbocycles. The van der Waals surface area contributed by atoms with Gasteiger partial charge in [0.05, 0.1) is 6.04 Å². The summed E-state index contributed by atoms with van der Waals surface area (Å²) in [6.07, 6.45) is 8.75. The quantitative estimate of drug-likeness (QED) is 0.705. The minimum Gasteiger partial charge on any atom is -0.375 e. The van der Waals surface area contributed by atoms with Crippen LogP contribution in [0, 0.1) is 0 Å². The average Bonchev–Trinajstić information content (AvgIpc) is 3.05. The smallest absolute Gasteiger partial charge is 0.155 e. The predicted octanol–water partition coefficient (Wildman–Crippen LogP) is 5.45. The van der Waals surface area contributed by atoms with Crippen molar-refractivity contribution >= 4 is 11.5 Å². The monoisotopic (exact) mass is 347 g/mol. The van der Waals surface area contributed by atoms with E-state index >= 15 is 0 Å². The van der Waals surface area contributed by atoms with Gasteiger partial charge in [0.2, 0.25) is 0 Å². The number of fused-ring (bicyclic) bond motifs is 3. The van der Waals surface area contributed by atoms with Gasteiger partial charge in [-0.1, -0.05) is 43.3 Å². The largest absolute Gasteiger partial charge is 0.375 e. The predicted molar refractivity (Wildman–Crippen MR) is 108 cm³/mol. The van der Waals surface area contributed by atoms with Gasteiger partial charge in [0.15, 0.2) is 5.78 Å². The van der Waals surface area contributed by atoms with Gasteiger partial charge in [-0.3, -0.25) is 4.79 Å². The van der Waals surface area contributed by atoms with Gasteiger partial charge in [-0.15, -0.1) is 0 Å². The summed E-state index contributed by atoms with van der Waals surface area (Å²) in [5.74, 6) is 0.805. The summed E-state index contributed by atoms with van der Waals surface area (Å²) in [5, 5.41) is 3.50. The van der Waals surface area contributed by atoms with Gasteiger partial charge in [-0.2, -0.15) is 0 Å². The van der Waals surface area contributed by atoms with Crippen LogP contribution in [0.25, 0.3) is 0 Å². The molecule has 136 valence electrons. The molecular weight excluding hydrogens is 318 g/mol.